The summed E-state index contributed by atoms with van der Waals surface area (Å²) < 4.78 is 78.5. The second-order valence-electron chi connectivity index (χ2n) is 27.1. The van der Waals surface area contributed by atoms with Crippen molar-refractivity contribution in [3.8, 4) is 51.8 Å². The van der Waals surface area contributed by atoms with Gasteiger partial charge in [0.25, 0.3) is 0 Å². The summed E-state index contributed by atoms with van der Waals surface area (Å²) in [5, 5.41) is 13.5. The van der Waals surface area contributed by atoms with Crippen molar-refractivity contribution in [3.63, 3.8) is 0 Å². The lowest BCUT2D eigenvalue weighted by Gasteiger charge is -2.35. The normalized spacial score (nSPS) is 15.2. The Labute approximate surface area is 612 Å². The molecule has 0 saturated heterocycles. The molecule has 546 valence electrons. The van der Waals surface area contributed by atoms with E-state index < -0.39 is 47.1 Å². The molecule has 0 fully saturated rings. The van der Waals surface area contributed by atoms with Gasteiger partial charge in [-0.15, -0.1) is 0 Å². The number of hydrogen-bond acceptors (Lipinski definition) is 17. The number of carbonyl (C=O) groups excluding carboxylic acids is 3. The number of rotatable bonds is 17. The zero-order chi connectivity index (χ0) is 75.3. The fourth-order valence-electron chi connectivity index (χ4n) is 13.8. The third-order valence-electron chi connectivity index (χ3n) is 18.9. The van der Waals surface area contributed by atoms with E-state index in [1.54, 1.807) is 82.9 Å². The Morgan fingerprint density at radius 3 is 1.07 bits per heavy atom. The number of aryl methyl sites for hydroxylation is 3. The number of halogens is 3. The molecule has 0 radical (unpaired) electrons. The molecule has 6 atom stereocenters. The molecule has 0 N–H and O–H groups in total. The van der Waals surface area contributed by atoms with Gasteiger partial charge in [0.05, 0.1) is 49.7 Å². The predicted octanol–water partition coefficient (Wildman–Crippen LogP) is 13.5. The Balaban J connectivity index is 0.000000142. The second kappa shape index (κ2) is 31.4. The molecule has 107 heavy (non-hydrogen) atoms. The highest BCUT2D eigenvalue weighted by Crippen LogP contribution is 2.47. The van der Waals surface area contributed by atoms with Crippen LogP contribution in [0.5, 0.6) is 17.2 Å². The molecule has 0 saturated carbocycles. The minimum Gasteiger partial charge on any atom is -0.451 e. The van der Waals surface area contributed by atoms with Crippen molar-refractivity contribution in [3.05, 3.63) is 300 Å². The molecule has 0 bridgehead atoms. The first kappa shape index (κ1) is 72.7. The first-order valence-electron chi connectivity index (χ1n) is 34.7. The largest absolute Gasteiger partial charge is 0.510 e. The van der Waals surface area contributed by atoms with Crippen LogP contribution in [0.25, 0.3) is 34.6 Å². The van der Waals surface area contributed by atoms with Crippen molar-refractivity contribution >= 4 is 18.1 Å². The van der Waals surface area contributed by atoms with E-state index in [1.807, 2.05) is 115 Å². The van der Waals surface area contributed by atoms with E-state index >= 15 is 0 Å². The maximum absolute atomic E-state index is 13.8. The van der Waals surface area contributed by atoms with Gasteiger partial charge in [0, 0.05) is 81.0 Å². The number of esters is 2. The average molecular weight is 1450 g/mol. The van der Waals surface area contributed by atoms with E-state index in [0.717, 1.165) is 50.1 Å². The van der Waals surface area contributed by atoms with Gasteiger partial charge in [0.15, 0.2) is 17.5 Å². The SMILES string of the molecule is COC(=O)OCOc1c2n(ncc1=O)[C@@H](C(c1ccc(C)cc1)c1ccc(F)cc1)Cn1ccnc1-2.Cc1ccc(C(c2ccc(F)cc2)[C@H]2Cn3ccnc3-c3c(OC(=O)C(C)C)c(=O)cnn32)cc1.Cc1ccc(C(c2ccc(F)cc2)[C@H]2Cn3ccnc3-c3c(OC(=O)CC(C)C)c(=O)cnn32)cc1. The summed E-state index contributed by atoms with van der Waals surface area (Å²) in [5.41, 5.74) is 8.69. The molecule has 0 spiro atoms. The van der Waals surface area contributed by atoms with E-state index in [2.05, 4.69) is 59.3 Å². The Kier molecular flexibility index (Phi) is 21.3. The zero-order valence-electron chi connectivity index (χ0n) is 59.7. The van der Waals surface area contributed by atoms with Gasteiger partial charge in [-0.3, -0.25) is 38.0 Å². The summed E-state index contributed by atoms with van der Waals surface area (Å²) >= 11 is 0. The van der Waals surface area contributed by atoms with Crippen molar-refractivity contribution in [1.29, 1.82) is 0 Å². The molecule has 3 aliphatic rings. The van der Waals surface area contributed by atoms with E-state index in [4.69, 9.17) is 18.9 Å². The zero-order valence-corrected chi connectivity index (χ0v) is 59.7. The first-order chi connectivity index (χ1) is 51.6. The Morgan fingerprint density at radius 2 is 0.757 bits per heavy atom. The fourth-order valence-corrected chi connectivity index (χ4v) is 13.8. The van der Waals surface area contributed by atoms with Crippen LogP contribution in [0.3, 0.4) is 0 Å². The summed E-state index contributed by atoms with van der Waals surface area (Å²) in [6, 6.07) is 42.8. The molecular formula is C81H75F3N12O11. The summed E-state index contributed by atoms with van der Waals surface area (Å²) in [6.07, 6.45) is 13.2. The van der Waals surface area contributed by atoms with Gasteiger partial charge >= 0.3 is 18.1 Å². The van der Waals surface area contributed by atoms with Crippen molar-refractivity contribution in [1.82, 2.24) is 58.0 Å². The lowest BCUT2D eigenvalue weighted by atomic mass is 9.83. The lowest BCUT2D eigenvalue weighted by molar-refractivity contribution is -0.138. The summed E-state index contributed by atoms with van der Waals surface area (Å²) in [4.78, 5) is 88.3. The number of hydrogen-bond donors (Lipinski definition) is 0. The van der Waals surface area contributed by atoms with Crippen LogP contribution in [-0.4, -0.2) is 90.0 Å². The lowest BCUT2D eigenvalue weighted by Crippen LogP contribution is -2.33. The quantitative estimate of drug-likeness (QED) is 0.0606. The average Bonchev–Trinajstić information content (AvgIpc) is 1.74. The highest BCUT2D eigenvalue weighted by Gasteiger charge is 2.41. The van der Waals surface area contributed by atoms with Crippen molar-refractivity contribution in [2.75, 3.05) is 13.9 Å². The van der Waals surface area contributed by atoms with Gasteiger partial charge in [0.1, 0.15) is 34.5 Å². The molecule has 3 unspecified atom stereocenters. The Morgan fingerprint density at radius 1 is 0.449 bits per heavy atom. The minimum absolute atomic E-state index is 0.0483. The molecule has 12 aromatic rings. The fraction of sp³-hybridized carbons (Fsp3) is 0.259. The second-order valence-corrected chi connectivity index (χ2v) is 27.1. The van der Waals surface area contributed by atoms with Crippen LogP contribution in [0.2, 0.25) is 0 Å². The number of ether oxygens (including phenoxy) is 5. The minimum atomic E-state index is -0.937. The van der Waals surface area contributed by atoms with Gasteiger partial charge < -0.3 is 37.4 Å². The van der Waals surface area contributed by atoms with Crippen LogP contribution in [-0.2, 0) is 38.7 Å². The van der Waals surface area contributed by atoms with E-state index in [1.165, 1.54) is 62.1 Å². The van der Waals surface area contributed by atoms with Gasteiger partial charge in [0.2, 0.25) is 40.3 Å². The topological polar surface area (TPSA) is 255 Å². The molecule has 26 heteroatoms. The maximum Gasteiger partial charge on any atom is 0.510 e. The van der Waals surface area contributed by atoms with E-state index in [0.29, 0.717) is 54.2 Å². The van der Waals surface area contributed by atoms with Crippen LogP contribution < -0.4 is 30.5 Å². The van der Waals surface area contributed by atoms with Crippen LogP contribution in [0.4, 0.5) is 18.0 Å². The molecule has 15 rings (SSSR count). The van der Waals surface area contributed by atoms with Crippen LogP contribution in [0.15, 0.2) is 216 Å². The number of nitrogens with zero attached hydrogens (tertiary/aromatic N) is 12. The smallest absolute Gasteiger partial charge is 0.451 e. The maximum atomic E-state index is 13.8. The number of benzene rings is 6. The summed E-state index contributed by atoms with van der Waals surface area (Å²) in [5.74, 6) is -1.69. The molecule has 0 amide bonds. The van der Waals surface area contributed by atoms with Gasteiger partial charge in [-0.2, -0.15) is 15.3 Å². The summed E-state index contributed by atoms with van der Waals surface area (Å²) in [7, 11) is 1.17. The summed E-state index contributed by atoms with van der Waals surface area (Å²) in [6.45, 7) is 14.3. The standard InChI is InChI=1S/C28H27FN4O3.C27H25FN4O3.C26H23FN4O5/c1-17(2)14-24(35)36-27-23(34)15-31-33-22(16-32-13-12-30-28(32)26(27)33)25(19-6-4-18(3)5-7-19)20-8-10-21(29)11-9-20;1-16(2)27(34)35-25-22(33)14-30-32-21(15-31-13-12-29-26(31)24(25)32)23(18-6-4-17(3)5-7-18)19-8-10-20(28)11-9-19;1-16-3-5-17(6-4-16)22(18-7-9-19(27)10-8-18)20-14-30-12-11-28-25(30)23-24(21(32)13-29-31(20)23)35-15-36-26(33)34-2/h4-13,15,17,22,25H,14,16H2,1-3H3;4-14,16,21,23H,15H2,1-3H3;3-13,20,22H,14-15H2,1-2H3/t22-,25?;21-,23?;20-,22?/m111/s1. The predicted molar refractivity (Wildman–Crippen MR) is 389 cm³/mol. The van der Waals surface area contributed by atoms with Gasteiger partial charge in [-0.1, -0.05) is 154 Å². The van der Waals surface area contributed by atoms with Gasteiger partial charge in [-0.05, 0) is 96.5 Å². The molecule has 6 aromatic heterocycles. The van der Waals surface area contributed by atoms with Crippen molar-refractivity contribution in [2.45, 2.75) is 110 Å². The molecular weight excluding hydrogens is 1370 g/mol. The molecule has 3 aliphatic heterocycles. The first-order valence-corrected chi connectivity index (χ1v) is 34.7. The van der Waals surface area contributed by atoms with Crippen LogP contribution in [0, 0.1) is 50.1 Å². The van der Waals surface area contributed by atoms with E-state index in [9.17, 15) is 41.9 Å². The monoisotopic (exact) mass is 1450 g/mol. The third kappa shape index (κ3) is 15.5. The number of aromatic nitrogens is 12. The van der Waals surface area contributed by atoms with Crippen LogP contribution in [0.1, 0.15) is 120 Å². The highest BCUT2D eigenvalue weighted by atomic mass is 19.1. The highest BCUT2D eigenvalue weighted by molar-refractivity contribution is 5.77. The Hall–Kier alpha value is -12.6. The van der Waals surface area contributed by atoms with Crippen LogP contribution >= 0.6 is 0 Å². The third-order valence-corrected chi connectivity index (χ3v) is 18.9. The number of fused-ring (bicyclic) bond motifs is 9. The Bertz CT molecular complexity index is 5270. The van der Waals surface area contributed by atoms with Crippen molar-refractivity contribution < 1.29 is 51.2 Å². The molecule has 0 aliphatic carbocycles. The number of imidazole rings is 3. The molecule has 9 heterocycles. The van der Waals surface area contributed by atoms with E-state index in [-0.39, 0.29) is 82.9 Å². The van der Waals surface area contributed by atoms with Gasteiger partial charge in [-0.25, -0.2) is 32.9 Å². The van der Waals surface area contributed by atoms with Crippen molar-refractivity contribution in [2.24, 2.45) is 11.8 Å². The molecule has 23 nitrogen and oxygen atoms in total. The number of methoxy groups -OCH3 is 1. The number of carbonyl (C=O) groups is 3. The molecule has 6 aromatic carbocycles.